The van der Waals surface area contributed by atoms with Crippen molar-refractivity contribution in [1.82, 2.24) is 9.29 Å². The van der Waals surface area contributed by atoms with Gasteiger partial charge in [0.25, 0.3) is 0 Å². The first kappa shape index (κ1) is 17.1. The molecule has 1 saturated heterocycles. The average molecular weight is 368 g/mol. The highest BCUT2D eigenvalue weighted by Gasteiger charge is 2.32. The number of rotatable bonds is 3. The zero-order valence-corrected chi connectivity index (χ0v) is 15.3. The van der Waals surface area contributed by atoms with Crippen molar-refractivity contribution in [2.75, 3.05) is 19.7 Å². The molecule has 0 aliphatic carbocycles. The number of fused-ring (bicyclic) bond motifs is 1. The summed E-state index contributed by atoms with van der Waals surface area (Å²) in [6.45, 7) is 2.96. The van der Waals surface area contributed by atoms with Gasteiger partial charge in [-0.1, -0.05) is 42.5 Å². The third kappa shape index (κ3) is 3.11. The van der Waals surface area contributed by atoms with Gasteiger partial charge in [0, 0.05) is 24.7 Å². The minimum absolute atomic E-state index is 0.253. The van der Waals surface area contributed by atoms with Crippen molar-refractivity contribution in [2.24, 2.45) is 0 Å². The highest BCUT2D eigenvalue weighted by atomic mass is 32.2. The number of hydrogen-bond acceptors (Lipinski definition) is 4. The Kier molecular flexibility index (Phi) is 4.48. The first-order valence-corrected chi connectivity index (χ1v) is 10.0. The molecule has 0 N–H and O–H groups in total. The summed E-state index contributed by atoms with van der Waals surface area (Å²) in [5.41, 5.74) is 2.50. The van der Waals surface area contributed by atoms with Crippen LogP contribution in [0.5, 0.6) is 0 Å². The Morgan fingerprint density at radius 1 is 1.12 bits per heavy atom. The normalized spacial score (nSPS) is 18.9. The van der Waals surface area contributed by atoms with Crippen molar-refractivity contribution in [3.05, 3.63) is 71.9 Å². The van der Waals surface area contributed by atoms with Crippen LogP contribution < -0.4 is 0 Å². The Morgan fingerprint density at radius 2 is 1.92 bits per heavy atom. The van der Waals surface area contributed by atoms with E-state index in [0.29, 0.717) is 25.2 Å². The molecule has 0 bridgehead atoms. The number of nitrogens with zero attached hydrogens (tertiary/aromatic N) is 2. The van der Waals surface area contributed by atoms with Gasteiger partial charge in [-0.15, -0.1) is 0 Å². The van der Waals surface area contributed by atoms with Crippen LogP contribution in [0.15, 0.2) is 65.7 Å². The summed E-state index contributed by atoms with van der Waals surface area (Å²) < 4.78 is 33.9. The van der Waals surface area contributed by atoms with Crippen LogP contribution in [0.4, 0.5) is 0 Å². The maximum absolute atomic E-state index is 13.3. The number of hydrogen-bond donors (Lipinski definition) is 0. The molecule has 26 heavy (non-hydrogen) atoms. The van der Waals surface area contributed by atoms with E-state index in [1.54, 1.807) is 18.3 Å². The molecule has 1 aliphatic heterocycles. The molecular formula is C20H20N2O3S. The highest BCUT2D eigenvalue weighted by Crippen LogP contribution is 2.29. The van der Waals surface area contributed by atoms with E-state index in [0.717, 1.165) is 16.5 Å². The van der Waals surface area contributed by atoms with Crippen molar-refractivity contribution < 1.29 is 13.2 Å². The Morgan fingerprint density at radius 3 is 2.73 bits per heavy atom. The minimum atomic E-state index is -3.65. The molecule has 134 valence electrons. The fourth-order valence-electron chi connectivity index (χ4n) is 3.30. The lowest BCUT2D eigenvalue weighted by Crippen LogP contribution is -2.42. The van der Waals surface area contributed by atoms with E-state index in [-0.39, 0.29) is 11.0 Å². The summed E-state index contributed by atoms with van der Waals surface area (Å²) in [6.07, 6.45) is 1.44. The summed E-state index contributed by atoms with van der Waals surface area (Å²) in [5, 5.41) is 0.832. The van der Waals surface area contributed by atoms with Gasteiger partial charge < -0.3 is 4.74 Å². The fraction of sp³-hybridized carbons (Fsp3) is 0.250. The molecule has 1 aliphatic rings. The number of aryl methyl sites for hydroxylation is 1. The number of morpholine rings is 1. The largest absolute Gasteiger partial charge is 0.371 e. The van der Waals surface area contributed by atoms with Crippen LogP contribution in [0, 0.1) is 6.92 Å². The van der Waals surface area contributed by atoms with Crippen molar-refractivity contribution in [3.8, 4) is 0 Å². The third-order valence-corrected chi connectivity index (χ3v) is 6.53. The average Bonchev–Trinajstić information content (AvgIpc) is 2.68. The van der Waals surface area contributed by atoms with Crippen molar-refractivity contribution >= 4 is 20.9 Å². The zero-order chi connectivity index (χ0) is 18.1. The Bertz CT molecular complexity index is 1040. The van der Waals surface area contributed by atoms with Gasteiger partial charge in [0.15, 0.2) is 0 Å². The third-order valence-electron chi connectivity index (χ3n) is 4.63. The maximum Gasteiger partial charge on any atom is 0.245 e. The first-order chi connectivity index (χ1) is 12.6. The lowest BCUT2D eigenvalue weighted by atomic mass is 10.1. The van der Waals surface area contributed by atoms with Crippen LogP contribution in [0.3, 0.4) is 0 Å². The zero-order valence-electron chi connectivity index (χ0n) is 14.5. The van der Waals surface area contributed by atoms with E-state index in [4.69, 9.17) is 4.74 Å². The number of para-hydroxylation sites is 1. The molecule has 1 fully saturated rings. The molecule has 0 saturated carbocycles. The molecule has 5 nitrogen and oxygen atoms in total. The Balaban J connectivity index is 1.71. The second-order valence-electron chi connectivity index (χ2n) is 6.47. The number of pyridine rings is 1. The molecule has 4 rings (SSSR count). The first-order valence-electron chi connectivity index (χ1n) is 8.58. The second kappa shape index (κ2) is 6.79. The van der Waals surface area contributed by atoms with Gasteiger partial charge in [0.2, 0.25) is 10.0 Å². The van der Waals surface area contributed by atoms with Gasteiger partial charge in [-0.25, -0.2) is 8.42 Å². The van der Waals surface area contributed by atoms with Gasteiger partial charge in [-0.3, -0.25) is 4.98 Å². The van der Waals surface area contributed by atoms with Crippen molar-refractivity contribution in [3.63, 3.8) is 0 Å². The van der Waals surface area contributed by atoms with Gasteiger partial charge in [0.1, 0.15) is 4.90 Å². The Labute approximate surface area is 153 Å². The number of benzene rings is 2. The Hall–Kier alpha value is -2.28. The van der Waals surface area contributed by atoms with Gasteiger partial charge in [-0.05, 0) is 30.2 Å². The summed E-state index contributed by atoms with van der Waals surface area (Å²) in [5.74, 6) is 0. The van der Waals surface area contributed by atoms with E-state index in [1.165, 1.54) is 4.31 Å². The van der Waals surface area contributed by atoms with Crippen molar-refractivity contribution in [2.45, 2.75) is 17.9 Å². The predicted octanol–water partition coefficient (Wildman–Crippen LogP) is 3.31. The molecule has 0 spiro atoms. The van der Waals surface area contributed by atoms with Crippen LogP contribution >= 0.6 is 0 Å². The highest BCUT2D eigenvalue weighted by molar-refractivity contribution is 7.89. The molecule has 6 heteroatoms. The molecule has 0 radical (unpaired) electrons. The van der Waals surface area contributed by atoms with Gasteiger partial charge >= 0.3 is 0 Å². The van der Waals surface area contributed by atoms with Crippen molar-refractivity contribution in [1.29, 1.82) is 0 Å². The van der Waals surface area contributed by atoms with E-state index < -0.39 is 10.0 Å². The van der Waals surface area contributed by atoms with E-state index in [1.807, 2.05) is 49.4 Å². The molecule has 1 aromatic heterocycles. The molecule has 2 heterocycles. The van der Waals surface area contributed by atoms with Crippen LogP contribution in [0.2, 0.25) is 0 Å². The summed E-state index contributed by atoms with van der Waals surface area (Å²) >= 11 is 0. The molecular weight excluding hydrogens is 348 g/mol. The summed E-state index contributed by atoms with van der Waals surface area (Å²) in [4.78, 5) is 4.64. The van der Waals surface area contributed by atoms with Crippen LogP contribution in [-0.4, -0.2) is 37.4 Å². The van der Waals surface area contributed by atoms with E-state index in [9.17, 15) is 8.42 Å². The van der Waals surface area contributed by atoms with E-state index in [2.05, 4.69) is 4.98 Å². The number of sulfonamides is 1. The fourth-order valence-corrected chi connectivity index (χ4v) is 4.89. The summed E-state index contributed by atoms with van der Waals surface area (Å²) in [7, 11) is -3.65. The quantitative estimate of drug-likeness (QED) is 0.712. The maximum atomic E-state index is 13.3. The molecule has 3 aromatic rings. The number of ether oxygens (including phenoxy) is 1. The van der Waals surface area contributed by atoms with Crippen LogP contribution in [0.25, 0.3) is 10.9 Å². The van der Waals surface area contributed by atoms with Gasteiger partial charge in [0.05, 0.1) is 18.2 Å². The molecule has 0 unspecified atom stereocenters. The second-order valence-corrected chi connectivity index (χ2v) is 8.38. The monoisotopic (exact) mass is 368 g/mol. The topological polar surface area (TPSA) is 59.5 Å². The summed E-state index contributed by atoms with van der Waals surface area (Å²) in [6, 6.07) is 17.0. The molecule has 1 atom stereocenters. The number of aromatic nitrogens is 1. The predicted molar refractivity (Wildman–Crippen MR) is 100 cm³/mol. The molecule has 0 amide bonds. The van der Waals surface area contributed by atoms with Crippen LogP contribution in [0.1, 0.15) is 17.2 Å². The minimum Gasteiger partial charge on any atom is -0.371 e. The lowest BCUT2D eigenvalue weighted by Gasteiger charge is -2.32. The lowest BCUT2D eigenvalue weighted by molar-refractivity contribution is -0.00253. The van der Waals surface area contributed by atoms with E-state index >= 15 is 0 Å². The van der Waals surface area contributed by atoms with Crippen LogP contribution in [-0.2, 0) is 14.8 Å². The molecule has 2 aromatic carbocycles. The SMILES string of the molecule is Cc1cnc2c(S(=O)(=O)N3CCO[C@@H](c4ccccc4)C3)cccc2c1. The van der Waals surface area contributed by atoms with Gasteiger partial charge in [-0.2, -0.15) is 4.31 Å². The smallest absolute Gasteiger partial charge is 0.245 e. The standard InChI is InChI=1S/C20H20N2O3S/c1-15-12-17-8-5-9-19(20(17)21-13-15)26(23,24)22-10-11-25-18(14-22)16-6-3-2-4-7-16/h2-9,12-13,18H,10-11,14H2,1H3/t18-/m1/s1.